The number of amides is 3. The molecule has 2 rings (SSSR count). The van der Waals surface area contributed by atoms with Crippen molar-refractivity contribution in [3.8, 4) is 0 Å². The number of rotatable bonds is 4. The average molecular weight is 361 g/mol. The molecule has 1 aliphatic rings. The topological polar surface area (TPSA) is 113 Å². The van der Waals surface area contributed by atoms with Gasteiger partial charge in [-0.15, -0.1) is 0 Å². The lowest BCUT2D eigenvalue weighted by Gasteiger charge is -2.34. The zero-order valence-electron chi connectivity index (χ0n) is 12.2. The van der Waals surface area contributed by atoms with Crippen LogP contribution in [0.4, 0.5) is 4.79 Å². The number of carbonyl (C=O) groups is 2. The van der Waals surface area contributed by atoms with Gasteiger partial charge in [0.05, 0.1) is 11.4 Å². The highest BCUT2D eigenvalue weighted by Crippen LogP contribution is 2.20. The third kappa shape index (κ3) is 4.34. The summed E-state index contributed by atoms with van der Waals surface area (Å²) in [6.45, 7) is 0.656. The van der Waals surface area contributed by atoms with Crippen LogP contribution in [0.25, 0.3) is 0 Å². The largest absolute Gasteiger partial charge is 0.352 e. The average Bonchev–Trinajstić information content (AvgIpc) is 2.52. The third-order valence-electron chi connectivity index (χ3n) is 3.44. The molecule has 0 aliphatic carbocycles. The van der Waals surface area contributed by atoms with Crippen molar-refractivity contribution in [3.05, 3.63) is 29.3 Å². The summed E-state index contributed by atoms with van der Waals surface area (Å²) in [5.41, 5.74) is 4.91. The van der Waals surface area contributed by atoms with Gasteiger partial charge in [0.15, 0.2) is 0 Å². The Hall–Kier alpha value is -1.84. The maximum Gasteiger partial charge on any atom is 0.312 e. The Kier molecular flexibility index (Phi) is 5.45. The van der Waals surface area contributed by atoms with Crippen molar-refractivity contribution in [2.24, 2.45) is 5.73 Å². The van der Waals surface area contributed by atoms with Crippen molar-refractivity contribution in [3.63, 3.8) is 0 Å². The van der Waals surface area contributed by atoms with Crippen molar-refractivity contribution >= 4 is 33.6 Å². The fraction of sp³-hybridized carbons (Fsp3) is 0.385. The van der Waals surface area contributed by atoms with Gasteiger partial charge >= 0.3 is 6.03 Å². The van der Waals surface area contributed by atoms with E-state index in [0.29, 0.717) is 5.02 Å². The Labute approximate surface area is 139 Å². The number of piperazine rings is 1. The van der Waals surface area contributed by atoms with Gasteiger partial charge in [-0.2, -0.15) is 4.31 Å². The quantitative estimate of drug-likeness (QED) is 0.776. The number of nitrogens with two attached hydrogens (primary N) is 1. The van der Waals surface area contributed by atoms with Gasteiger partial charge in [-0.05, 0) is 18.2 Å². The summed E-state index contributed by atoms with van der Waals surface area (Å²) in [6, 6.07) is 5.27. The Balaban J connectivity index is 1.98. The molecule has 23 heavy (non-hydrogen) atoms. The number of carbonyl (C=O) groups excluding carboxylic acids is 2. The standard InChI is InChI=1S/C13H17ClN4O4S/c14-10-2-1-3-11(8-10)23(21,22)18-6-4-17(5-7-18)12(19)9-16-13(15)20/h1-3,8H,4-7,9H2,(H3,15,16,20). The number of urea groups is 1. The van der Waals surface area contributed by atoms with E-state index in [1.54, 1.807) is 12.1 Å². The molecule has 3 amide bonds. The molecule has 1 aromatic rings. The Morgan fingerprint density at radius 2 is 1.87 bits per heavy atom. The van der Waals surface area contributed by atoms with E-state index in [-0.39, 0.29) is 43.5 Å². The van der Waals surface area contributed by atoms with Crippen LogP contribution in [0.3, 0.4) is 0 Å². The van der Waals surface area contributed by atoms with Gasteiger partial charge in [0.25, 0.3) is 0 Å². The van der Waals surface area contributed by atoms with E-state index in [1.165, 1.54) is 21.3 Å². The number of nitrogens with one attached hydrogen (secondary N) is 1. The van der Waals surface area contributed by atoms with E-state index in [2.05, 4.69) is 5.32 Å². The minimum atomic E-state index is -3.64. The molecule has 3 N–H and O–H groups in total. The van der Waals surface area contributed by atoms with Gasteiger partial charge in [-0.25, -0.2) is 13.2 Å². The summed E-state index contributed by atoms with van der Waals surface area (Å²) in [7, 11) is -3.64. The zero-order valence-corrected chi connectivity index (χ0v) is 13.8. The lowest BCUT2D eigenvalue weighted by atomic mass is 10.3. The van der Waals surface area contributed by atoms with Gasteiger partial charge in [-0.3, -0.25) is 4.79 Å². The molecule has 8 nitrogen and oxygen atoms in total. The minimum absolute atomic E-state index is 0.125. The van der Waals surface area contributed by atoms with E-state index in [9.17, 15) is 18.0 Å². The van der Waals surface area contributed by atoms with Crippen LogP contribution in [-0.4, -0.2) is 62.3 Å². The summed E-state index contributed by atoms with van der Waals surface area (Å²) >= 11 is 5.83. The minimum Gasteiger partial charge on any atom is -0.352 e. The van der Waals surface area contributed by atoms with Crippen LogP contribution in [-0.2, 0) is 14.8 Å². The molecule has 1 aromatic carbocycles. The number of nitrogens with zero attached hydrogens (tertiary/aromatic N) is 2. The third-order valence-corrected chi connectivity index (χ3v) is 5.57. The van der Waals surface area contributed by atoms with Gasteiger partial charge in [0.2, 0.25) is 15.9 Å². The van der Waals surface area contributed by atoms with Crippen LogP contribution in [0.5, 0.6) is 0 Å². The first-order valence-corrected chi connectivity index (χ1v) is 8.69. The van der Waals surface area contributed by atoms with E-state index in [4.69, 9.17) is 17.3 Å². The second kappa shape index (κ2) is 7.16. The summed E-state index contributed by atoms with van der Waals surface area (Å²) in [5, 5.41) is 2.56. The highest BCUT2D eigenvalue weighted by atomic mass is 35.5. The van der Waals surface area contributed by atoms with Crippen molar-refractivity contribution in [2.75, 3.05) is 32.7 Å². The highest BCUT2D eigenvalue weighted by Gasteiger charge is 2.30. The van der Waals surface area contributed by atoms with Gasteiger partial charge in [0.1, 0.15) is 0 Å². The Bertz CT molecular complexity index is 702. The van der Waals surface area contributed by atoms with Crippen LogP contribution in [0.1, 0.15) is 0 Å². The number of hydrogen-bond donors (Lipinski definition) is 2. The van der Waals surface area contributed by atoms with E-state index < -0.39 is 16.1 Å². The van der Waals surface area contributed by atoms with Crippen LogP contribution < -0.4 is 11.1 Å². The molecule has 1 fully saturated rings. The monoisotopic (exact) mass is 360 g/mol. The second-order valence-corrected chi connectivity index (χ2v) is 7.33. The van der Waals surface area contributed by atoms with Crippen molar-refractivity contribution in [1.82, 2.24) is 14.5 Å². The molecule has 10 heteroatoms. The zero-order chi connectivity index (χ0) is 17.0. The molecule has 0 bridgehead atoms. The number of primary amides is 1. The Morgan fingerprint density at radius 3 is 2.43 bits per heavy atom. The SMILES string of the molecule is NC(=O)NCC(=O)N1CCN(S(=O)(=O)c2cccc(Cl)c2)CC1. The first-order valence-electron chi connectivity index (χ1n) is 6.87. The molecule has 0 unspecified atom stereocenters. The Morgan fingerprint density at radius 1 is 1.22 bits per heavy atom. The second-order valence-electron chi connectivity index (χ2n) is 4.96. The fourth-order valence-corrected chi connectivity index (χ4v) is 3.95. The first-order chi connectivity index (χ1) is 10.8. The van der Waals surface area contributed by atoms with Gasteiger partial charge in [0, 0.05) is 31.2 Å². The predicted molar refractivity (Wildman–Crippen MR) is 84.4 cm³/mol. The lowest BCUT2D eigenvalue weighted by molar-refractivity contribution is -0.131. The predicted octanol–water partition coefficient (Wildman–Crippen LogP) is -0.159. The normalized spacial score (nSPS) is 16.1. The van der Waals surface area contributed by atoms with Crippen molar-refractivity contribution in [1.29, 1.82) is 0 Å². The maximum atomic E-state index is 12.5. The summed E-state index contributed by atoms with van der Waals surface area (Å²) in [6.07, 6.45) is 0. The van der Waals surface area contributed by atoms with Crippen LogP contribution in [0.15, 0.2) is 29.2 Å². The summed E-state index contributed by atoms with van der Waals surface area (Å²) < 4.78 is 26.4. The number of hydrogen-bond acceptors (Lipinski definition) is 4. The molecule has 0 radical (unpaired) electrons. The molecule has 126 valence electrons. The van der Waals surface area contributed by atoms with Crippen molar-refractivity contribution in [2.45, 2.75) is 4.90 Å². The maximum absolute atomic E-state index is 12.5. The van der Waals surface area contributed by atoms with E-state index >= 15 is 0 Å². The van der Waals surface area contributed by atoms with Crippen LogP contribution in [0, 0.1) is 0 Å². The molecular formula is C13H17ClN4O4S. The number of benzene rings is 1. The molecule has 0 spiro atoms. The summed E-state index contributed by atoms with van der Waals surface area (Å²) in [5.74, 6) is -0.302. The first kappa shape index (κ1) is 17.5. The van der Waals surface area contributed by atoms with E-state index in [0.717, 1.165) is 0 Å². The van der Waals surface area contributed by atoms with Crippen molar-refractivity contribution < 1.29 is 18.0 Å². The number of halogens is 1. The molecule has 1 saturated heterocycles. The molecule has 0 aromatic heterocycles. The smallest absolute Gasteiger partial charge is 0.312 e. The fourth-order valence-electron chi connectivity index (χ4n) is 2.23. The molecule has 0 saturated carbocycles. The molecule has 0 atom stereocenters. The van der Waals surface area contributed by atoms with Crippen LogP contribution in [0.2, 0.25) is 5.02 Å². The molecular weight excluding hydrogens is 344 g/mol. The molecule has 1 aliphatic heterocycles. The van der Waals surface area contributed by atoms with E-state index in [1.807, 2.05) is 0 Å². The van der Waals surface area contributed by atoms with Gasteiger partial charge in [-0.1, -0.05) is 17.7 Å². The molecule has 1 heterocycles. The van der Waals surface area contributed by atoms with Crippen LogP contribution >= 0.6 is 11.6 Å². The number of sulfonamides is 1. The highest BCUT2D eigenvalue weighted by molar-refractivity contribution is 7.89. The summed E-state index contributed by atoms with van der Waals surface area (Å²) in [4.78, 5) is 24.1. The lowest BCUT2D eigenvalue weighted by Crippen LogP contribution is -2.52. The van der Waals surface area contributed by atoms with Gasteiger partial charge < -0.3 is 16.0 Å².